The number of methoxy groups -OCH3 is 3. The summed E-state index contributed by atoms with van der Waals surface area (Å²) in [6, 6.07) is 4.54. The molecule has 2 atom stereocenters. The molecule has 120 valence electrons. The van der Waals surface area contributed by atoms with E-state index in [0.717, 1.165) is 5.56 Å². The summed E-state index contributed by atoms with van der Waals surface area (Å²) in [6.07, 6.45) is 0.818. The van der Waals surface area contributed by atoms with Crippen molar-refractivity contribution in [2.45, 2.75) is 31.8 Å². The van der Waals surface area contributed by atoms with Gasteiger partial charge in [-0.2, -0.15) is 0 Å². The largest absolute Gasteiger partial charge is 0.497 e. The Bertz CT molecular complexity index is 572. The van der Waals surface area contributed by atoms with Crippen LogP contribution >= 0.6 is 0 Å². The Labute approximate surface area is 129 Å². The predicted molar refractivity (Wildman–Crippen MR) is 79.8 cm³/mol. The molecule has 0 saturated carbocycles. The second-order valence-corrected chi connectivity index (χ2v) is 5.16. The predicted octanol–water partition coefficient (Wildman–Crippen LogP) is 1.93. The maximum absolute atomic E-state index is 12.2. The van der Waals surface area contributed by atoms with Crippen LogP contribution in [0.4, 0.5) is 0 Å². The quantitative estimate of drug-likeness (QED) is 0.778. The lowest BCUT2D eigenvalue weighted by Gasteiger charge is -2.30. The van der Waals surface area contributed by atoms with E-state index in [1.807, 2.05) is 13.0 Å². The van der Waals surface area contributed by atoms with Gasteiger partial charge in [-0.15, -0.1) is 0 Å². The molecule has 0 aromatic heterocycles. The topological polar surface area (TPSA) is 65.1 Å². The smallest absolute Gasteiger partial charge is 0.328 e. The van der Waals surface area contributed by atoms with Gasteiger partial charge in [0.1, 0.15) is 17.5 Å². The zero-order chi connectivity index (χ0) is 16.3. The highest BCUT2D eigenvalue weighted by Gasteiger charge is 2.40. The fraction of sp³-hybridized carbons (Fsp3) is 0.500. The lowest BCUT2D eigenvalue weighted by atomic mass is 10.0. The van der Waals surface area contributed by atoms with Crippen molar-refractivity contribution in [3.05, 3.63) is 23.8 Å². The average Bonchev–Trinajstić information content (AvgIpc) is 2.94. The van der Waals surface area contributed by atoms with Crippen molar-refractivity contribution in [3.8, 4) is 11.5 Å². The lowest BCUT2D eigenvalue weighted by molar-refractivity contribution is -0.150. The Kier molecular flexibility index (Phi) is 4.90. The summed E-state index contributed by atoms with van der Waals surface area (Å²) in [6.45, 7) is 1.87. The molecular formula is C16H21NO5. The molecular weight excluding hydrogens is 286 g/mol. The first-order valence-electron chi connectivity index (χ1n) is 7.14. The Hall–Kier alpha value is -2.24. The zero-order valence-electron chi connectivity index (χ0n) is 13.3. The third-order valence-electron chi connectivity index (χ3n) is 4.03. The molecule has 1 heterocycles. The number of carbonyl (C=O) groups excluding carboxylic acids is 2. The summed E-state index contributed by atoms with van der Waals surface area (Å²) < 4.78 is 15.4. The normalized spacial score (nSPS) is 19.0. The van der Waals surface area contributed by atoms with Gasteiger partial charge in [-0.1, -0.05) is 0 Å². The van der Waals surface area contributed by atoms with Gasteiger partial charge in [-0.25, -0.2) is 4.79 Å². The number of rotatable bonds is 5. The molecule has 0 spiro atoms. The molecule has 22 heavy (non-hydrogen) atoms. The summed E-state index contributed by atoms with van der Waals surface area (Å²) in [5.41, 5.74) is 0.797. The van der Waals surface area contributed by atoms with Crippen molar-refractivity contribution < 1.29 is 23.8 Å². The van der Waals surface area contributed by atoms with Crippen molar-refractivity contribution in [2.75, 3.05) is 21.3 Å². The molecule has 2 unspecified atom stereocenters. The molecule has 1 aliphatic rings. The molecule has 0 bridgehead atoms. The minimum absolute atomic E-state index is 0.0622. The summed E-state index contributed by atoms with van der Waals surface area (Å²) in [5, 5.41) is 0. The van der Waals surface area contributed by atoms with E-state index in [4.69, 9.17) is 14.2 Å². The molecule has 6 nitrogen and oxygen atoms in total. The monoisotopic (exact) mass is 307 g/mol. The van der Waals surface area contributed by atoms with Crippen LogP contribution in [0.25, 0.3) is 0 Å². The van der Waals surface area contributed by atoms with Crippen LogP contribution in [0.2, 0.25) is 0 Å². The van der Waals surface area contributed by atoms with Crippen molar-refractivity contribution in [3.63, 3.8) is 0 Å². The number of ether oxygens (including phenoxy) is 3. The lowest BCUT2D eigenvalue weighted by Crippen LogP contribution is -2.41. The zero-order valence-corrected chi connectivity index (χ0v) is 13.3. The van der Waals surface area contributed by atoms with Gasteiger partial charge in [-0.05, 0) is 31.5 Å². The number of hydrogen-bond donors (Lipinski definition) is 0. The molecule has 1 aromatic rings. The SMILES string of the molecule is COC(=O)C1CCC(=O)N1C(C)c1cc(OC)ccc1OC. The van der Waals surface area contributed by atoms with E-state index in [1.54, 1.807) is 31.3 Å². The summed E-state index contributed by atoms with van der Waals surface area (Å²) in [5.74, 6) is 0.868. The first-order valence-corrected chi connectivity index (χ1v) is 7.14. The average molecular weight is 307 g/mol. The molecule has 1 aromatic carbocycles. The van der Waals surface area contributed by atoms with Gasteiger partial charge < -0.3 is 19.1 Å². The van der Waals surface area contributed by atoms with E-state index < -0.39 is 6.04 Å². The molecule has 0 radical (unpaired) electrons. The Morgan fingerprint density at radius 3 is 2.59 bits per heavy atom. The Morgan fingerprint density at radius 2 is 2.00 bits per heavy atom. The second kappa shape index (κ2) is 6.68. The number of hydrogen-bond acceptors (Lipinski definition) is 5. The highest BCUT2D eigenvalue weighted by Crippen LogP contribution is 2.36. The number of benzene rings is 1. The molecule has 1 fully saturated rings. The van der Waals surface area contributed by atoms with Gasteiger partial charge in [0.2, 0.25) is 5.91 Å². The van der Waals surface area contributed by atoms with Crippen LogP contribution in [0.3, 0.4) is 0 Å². The molecule has 0 aliphatic carbocycles. The van der Waals surface area contributed by atoms with Crippen LogP contribution in [0.15, 0.2) is 18.2 Å². The van der Waals surface area contributed by atoms with E-state index in [1.165, 1.54) is 7.11 Å². The van der Waals surface area contributed by atoms with Gasteiger partial charge in [0.25, 0.3) is 0 Å². The van der Waals surface area contributed by atoms with Gasteiger partial charge in [0.15, 0.2) is 0 Å². The van der Waals surface area contributed by atoms with Gasteiger partial charge in [0, 0.05) is 12.0 Å². The van der Waals surface area contributed by atoms with Crippen LogP contribution < -0.4 is 9.47 Å². The highest BCUT2D eigenvalue weighted by atomic mass is 16.5. The number of carbonyl (C=O) groups is 2. The van der Waals surface area contributed by atoms with Gasteiger partial charge >= 0.3 is 5.97 Å². The Balaban J connectivity index is 2.38. The maximum Gasteiger partial charge on any atom is 0.328 e. The first-order chi connectivity index (χ1) is 10.5. The van der Waals surface area contributed by atoms with Crippen molar-refractivity contribution in [1.82, 2.24) is 4.90 Å². The van der Waals surface area contributed by atoms with Gasteiger partial charge in [-0.3, -0.25) is 4.79 Å². The van der Waals surface area contributed by atoms with Crippen LogP contribution in [0.1, 0.15) is 31.4 Å². The summed E-state index contributed by atoms with van der Waals surface area (Å²) in [7, 11) is 4.48. The molecule has 6 heteroatoms. The summed E-state index contributed by atoms with van der Waals surface area (Å²) in [4.78, 5) is 25.7. The number of nitrogens with zero attached hydrogens (tertiary/aromatic N) is 1. The first kappa shape index (κ1) is 16.1. The van der Waals surface area contributed by atoms with Crippen LogP contribution in [0, 0.1) is 0 Å². The molecule has 0 N–H and O–H groups in total. The number of likely N-dealkylation sites (tertiary alicyclic amines) is 1. The van der Waals surface area contributed by atoms with Crippen LogP contribution in [0.5, 0.6) is 11.5 Å². The third-order valence-corrected chi connectivity index (χ3v) is 4.03. The molecule has 1 aliphatic heterocycles. The molecule has 1 amide bonds. The third kappa shape index (κ3) is 2.86. The standard InChI is InChI=1S/C16H21NO5/c1-10(12-9-11(20-2)5-7-14(12)21-3)17-13(16(19)22-4)6-8-15(17)18/h5,7,9-10,13H,6,8H2,1-4H3. The molecule has 2 rings (SSSR count). The highest BCUT2D eigenvalue weighted by molar-refractivity contribution is 5.88. The van der Waals surface area contributed by atoms with E-state index in [-0.39, 0.29) is 17.9 Å². The van der Waals surface area contributed by atoms with E-state index in [9.17, 15) is 9.59 Å². The van der Waals surface area contributed by atoms with Crippen molar-refractivity contribution >= 4 is 11.9 Å². The number of esters is 1. The minimum atomic E-state index is -0.552. The van der Waals surface area contributed by atoms with Crippen molar-refractivity contribution in [2.24, 2.45) is 0 Å². The van der Waals surface area contributed by atoms with Crippen LogP contribution in [-0.4, -0.2) is 44.1 Å². The second-order valence-electron chi connectivity index (χ2n) is 5.16. The summed E-state index contributed by atoms with van der Waals surface area (Å²) >= 11 is 0. The van der Waals surface area contributed by atoms with E-state index >= 15 is 0 Å². The van der Waals surface area contributed by atoms with Crippen LogP contribution in [-0.2, 0) is 14.3 Å². The van der Waals surface area contributed by atoms with E-state index in [2.05, 4.69) is 0 Å². The minimum Gasteiger partial charge on any atom is -0.497 e. The van der Waals surface area contributed by atoms with Crippen molar-refractivity contribution in [1.29, 1.82) is 0 Å². The van der Waals surface area contributed by atoms with Gasteiger partial charge in [0.05, 0.1) is 27.4 Å². The Morgan fingerprint density at radius 1 is 1.27 bits per heavy atom. The van der Waals surface area contributed by atoms with E-state index in [0.29, 0.717) is 24.3 Å². The fourth-order valence-electron chi connectivity index (χ4n) is 2.87. The molecule has 1 saturated heterocycles. The fourth-order valence-corrected chi connectivity index (χ4v) is 2.87. The maximum atomic E-state index is 12.2. The number of amides is 1.